The summed E-state index contributed by atoms with van der Waals surface area (Å²) in [4.78, 5) is 7.03. The lowest BCUT2D eigenvalue weighted by Crippen LogP contribution is -2.27. The van der Waals surface area contributed by atoms with Gasteiger partial charge in [0.05, 0.1) is 11.4 Å². The standard InChI is InChI=1S/C39H40F5N3O3/c1-4-6-13-32(50-38(44)37(42)43)17-26(3)22-46(23-27-14-15-34-35(18-27)49-25-48-34)24-33-36(29-19-30(40)21-31(41)20-29)45-39(47(33)16-7-5-2)28-11-9-8-10-12-28/h4,6,8-12,14-15,17-21,37-38H,3,5,7,13,16,22-25H2,1-2H3/b6-4-,32-17+. The van der Waals surface area contributed by atoms with Gasteiger partial charge in [0.25, 0.3) is 6.36 Å². The molecule has 0 saturated heterocycles. The van der Waals surface area contributed by atoms with Gasteiger partial charge in [-0.05, 0) is 54.8 Å². The van der Waals surface area contributed by atoms with Gasteiger partial charge in [0.2, 0.25) is 6.79 Å². The molecule has 50 heavy (non-hydrogen) atoms. The molecule has 0 amide bonds. The number of hydrogen-bond donors (Lipinski definition) is 0. The van der Waals surface area contributed by atoms with Crippen LogP contribution in [-0.2, 0) is 24.4 Å². The summed E-state index contributed by atoms with van der Waals surface area (Å²) in [5.41, 5.74) is 3.60. The number of benzene rings is 3. The normalized spacial score (nSPS) is 13.5. The van der Waals surface area contributed by atoms with E-state index in [1.807, 2.05) is 53.4 Å². The third-order valence-electron chi connectivity index (χ3n) is 8.00. The highest BCUT2D eigenvalue weighted by Gasteiger charge is 2.25. The number of rotatable bonds is 17. The van der Waals surface area contributed by atoms with Gasteiger partial charge in [-0.2, -0.15) is 4.39 Å². The highest BCUT2D eigenvalue weighted by Crippen LogP contribution is 2.35. The number of imidazole rings is 1. The Morgan fingerprint density at radius 1 is 0.980 bits per heavy atom. The van der Waals surface area contributed by atoms with Gasteiger partial charge < -0.3 is 18.8 Å². The van der Waals surface area contributed by atoms with E-state index in [0.717, 1.165) is 30.0 Å². The zero-order chi connectivity index (χ0) is 35.6. The van der Waals surface area contributed by atoms with Crippen molar-refractivity contribution in [3.63, 3.8) is 0 Å². The third kappa shape index (κ3) is 9.41. The first kappa shape index (κ1) is 36.4. The summed E-state index contributed by atoms with van der Waals surface area (Å²) in [7, 11) is 0. The zero-order valence-electron chi connectivity index (χ0n) is 28.1. The maximum atomic E-state index is 14.6. The van der Waals surface area contributed by atoms with Crippen molar-refractivity contribution >= 4 is 0 Å². The molecule has 6 nitrogen and oxygen atoms in total. The number of allylic oxidation sites excluding steroid dienone is 2. The van der Waals surface area contributed by atoms with Crippen LogP contribution in [0.15, 0.2) is 103 Å². The van der Waals surface area contributed by atoms with Gasteiger partial charge in [0, 0.05) is 49.8 Å². The highest BCUT2D eigenvalue weighted by atomic mass is 19.3. The summed E-state index contributed by atoms with van der Waals surface area (Å²) in [6.07, 6.45) is 0.539. The fraction of sp³-hybridized carbons (Fsp3) is 0.308. The van der Waals surface area contributed by atoms with Crippen LogP contribution in [0.4, 0.5) is 22.0 Å². The molecule has 264 valence electrons. The molecule has 0 aliphatic carbocycles. The van der Waals surface area contributed by atoms with E-state index in [0.29, 0.717) is 47.4 Å². The summed E-state index contributed by atoms with van der Waals surface area (Å²) < 4.78 is 87.6. The second kappa shape index (κ2) is 17.2. The third-order valence-corrected chi connectivity index (χ3v) is 8.00. The van der Waals surface area contributed by atoms with E-state index >= 15 is 0 Å². The molecule has 0 radical (unpaired) electrons. The molecule has 1 atom stereocenters. The predicted molar refractivity (Wildman–Crippen MR) is 183 cm³/mol. The van der Waals surface area contributed by atoms with Crippen molar-refractivity contribution in [2.75, 3.05) is 13.3 Å². The number of alkyl halides is 3. The van der Waals surface area contributed by atoms with Gasteiger partial charge in [-0.25, -0.2) is 22.5 Å². The number of halogens is 5. The molecule has 1 aromatic heterocycles. The van der Waals surface area contributed by atoms with Crippen molar-refractivity contribution < 1.29 is 36.2 Å². The van der Waals surface area contributed by atoms with Crippen LogP contribution in [0.2, 0.25) is 0 Å². The Morgan fingerprint density at radius 3 is 2.42 bits per heavy atom. The number of unbranched alkanes of at least 4 members (excludes halogenated alkanes) is 1. The van der Waals surface area contributed by atoms with Gasteiger partial charge in [-0.15, -0.1) is 0 Å². The van der Waals surface area contributed by atoms with Crippen LogP contribution in [0.1, 0.15) is 44.4 Å². The molecule has 3 aromatic carbocycles. The van der Waals surface area contributed by atoms with Crippen LogP contribution in [0, 0.1) is 11.6 Å². The summed E-state index contributed by atoms with van der Waals surface area (Å²) in [6.45, 7) is 9.49. The largest absolute Gasteiger partial charge is 0.459 e. The first-order chi connectivity index (χ1) is 24.1. The first-order valence-corrected chi connectivity index (χ1v) is 16.5. The highest BCUT2D eigenvalue weighted by molar-refractivity contribution is 5.68. The molecule has 0 saturated carbocycles. The average molecular weight is 694 g/mol. The Hall–Kier alpha value is -4.90. The van der Waals surface area contributed by atoms with E-state index < -0.39 is 24.4 Å². The van der Waals surface area contributed by atoms with Gasteiger partial charge in [-0.3, -0.25) is 4.90 Å². The molecule has 0 fully saturated rings. The SMILES string of the molecule is C=C(/C=C(\C/C=C\C)OC(F)C(F)F)CN(Cc1ccc2c(c1)OCO2)Cc1c(-c2cc(F)cc(F)c2)nc(-c2ccccc2)n1CCCC. The van der Waals surface area contributed by atoms with Crippen LogP contribution in [0.3, 0.4) is 0 Å². The number of aromatic nitrogens is 2. The maximum Gasteiger partial charge on any atom is 0.304 e. The fourth-order valence-electron chi connectivity index (χ4n) is 5.74. The number of ether oxygens (including phenoxy) is 3. The quantitative estimate of drug-likeness (QED) is 0.0477. The number of hydrogen-bond acceptors (Lipinski definition) is 5. The Kier molecular flexibility index (Phi) is 12.5. The minimum atomic E-state index is -3.31. The van der Waals surface area contributed by atoms with Gasteiger partial charge in [0.15, 0.2) is 11.5 Å². The van der Waals surface area contributed by atoms with Crippen LogP contribution in [-0.4, -0.2) is 40.6 Å². The van der Waals surface area contributed by atoms with E-state index in [2.05, 4.69) is 18.1 Å². The Labute approximate surface area is 289 Å². The predicted octanol–water partition coefficient (Wildman–Crippen LogP) is 10.0. The summed E-state index contributed by atoms with van der Waals surface area (Å²) >= 11 is 0. The molecule has 0 N–H and O–H groups in total. The second-order valence-corrected chi connectivity index (χ2v) is 11.9. The minimum absolute atomic E-state index is 0.000735. The molecule has 1 aliphatic rings. The van der Waals surface area contributed by atoms with E-state index in [1.165, 1.54) is 18.2 Å². The Balaban J connectivity index is 1.60. The monoisotopic (exact) mass is 693 g/mol. The fourth-order valence-corrected chi connectivity index (χ4v) is 5.74. The maximum absolute atomic E-state index is 14.6. The first-order valence-electron chi connectivity index (χ1n) is 16.5. The molecule has 1 aliphatic heterocycles. The lowest BCUT2D eigenvalue weighted by Gasteiger charge is -2.25. The molecule has 4 aromatic rings. The summed E-state index contributed by atoms with van der Waals surface area (Å²) in [5, 5.41) is 0. The van der Waals surface area contributed by atoms with Crippen LogP contribution in [0.25, 0.3) is 22.6 Å². The average Bonchev–Trinajstić information content (AvgIpc) is 3.70. The molecular weight excluding hydrogens is 653 g/mol. The second-order valence-electron chi connectivity index (χ2n) is 11.9. The van der Waals surface area contributed by atoms with E-state index in [9.17, 15) is 22.0 Å². The van der Waals surface area contributed by atoms with Gasteiger partial charge >= 0.3 is 6.43 Å². The van der Waals surface area contributed by atoms with Crippen molar-refractivity contribution in [1.29, 1.82) is 0 Å². The molecule has 0 spiro atoms. The minimum Gasteiger partial charge on any atom is -0.459 e. The zero-order valence-corrected chi connectivity index (χ0v) is 28.1. The lowest BCUT2D eigenvalue weighted by molar-refractivity contribution is -0.103. The van der Waals surface area contributed by atoms with E-state index in [1.54, 1.807) is 19.1 Å². The van der Waals surface area contributed by atoms with Gasteiger partial charge in [-0.1, -0.05) is 68.5 Å². The molecule has 1 unspecified atom stereocenters. The Morgan fingerprint density at radius 2 is 1.72 bits per heavy atom. The van der Waals surface area contributed by atoms with Crippen LogP contribution in [0.5, 0.6) is 11.5 Å². The summed E-state index contributed by atoms with van der Waals surface area (Å²) in [6, 6.07) is 18.5. The van der Waals surface area contributed by atoms with E-state index in [-0.39, 0.29) is 37.6 Å². The lowest BCUT2D eigenvalue weighted by atomic mass is 10.1. The molecule has 2 heterocycles. The summed E-state index contributed by atoms with van der Waals surface area (Å²) in [5.74, 6) is 0.417. The topological polar surface area (TPSA) is 48.8 Å². The van der Waals surface area contributed by atoms with Crippen LogP contribution < -0.4 is 9.47 Å². The number of fused-ring (bicyclic) bond motifs is 1. The molecule has 5 rings (SSSR count). The molecular formula is C39H40F5N3O3. The van der Waals surface area contributed by atoms with E-state index in [4.69, 9.17) is 19.2 Å². The van der Waals surface area contributed by atoms with Crippen molar-refractivity contribution in [1.82, 2.24) is 14.5 Å². The van der Waals surface area contributed by atoms with Crippen molar-refractivity contribution in [3.8, 4) is 34.1 Å². The molecule has 11 heteroatoms. The molecule has 0 bridgehead atoms. The smallest absolute Gasteiger partial charge is 0.304 e. The number of nitrogens with zero attached hydrogens (tertiary/aromatic N) is 3. The van der Waals surface area contributed by atoms with Crippen molar-refractivity contribution in [2.45, 2.75) is 65.5 Å². The van der Waals surface area contributed by atoms with Gasteiger partial charge in [0.1, 0.15) is 23.2 Å². The Bertz CT molecular complexity index is 1800. The van der Waals surface area contributed by atoms with Crippen molar-refractivity contribution in [3.05, 3.63) is 126 Å². The van der Waals surface area contributed by atoms with Crippen molar-refractivity contribution in [2.24, 2.45) is 0 Å². The van der Waals surface area contributed by atoms with Crippen LogP contribution >= 0.6 is 0 Å².